The minimum atomic E-state index is 0.334. The highest BCUT2D eigenvalue weighted by Crippen LogP contribution is 2.13. The summed E-state index contributed by atoms with van der Waals surface area (Å²) in [5.41, 5.74) is 0. The summed E-state index contributed by atoms with van der Waals surface area (Å²) in [7, 11) is 2.10. The summed E-state index contributed by atoms with van der Waals surface area (Å²) in [6.45, 7) is 2.19. The predicted molar refractivity (Wildman–Crippen MR) is 38.5 cm³/mol. The van der Waals surface area contributed by atoms with Crippen LogP contribution in [0.3, 0.4) is 0 Å². The van der Waals surface area contributed by atoms with Crippen LogP contribution in [0.5, 0.6) is 0 Å². The third kappa shape index (κ3) is 1.72. The normalized spacial score (nSPS) is 23.4. The minimum Gasteiger partial charge on any atom is -0.349 e. The van der Waals surface area contributed by atoms with Gasteiger partial charge >= 0.3 is 0 Å². The maximum atomic E-state index is 8.51. The Labute approximate surface area is 56.9 Å². The molecule has 0 aliphatic carbocycles. The van der Waals surface area contributed by atoms with Gasteiger partial charge in [0.2, 0.25) is 0 Å². The molecule has 1 heterocycles. The maximum absolute atomic E-state index is 8.51. The largest absolute Gasteiger partial charge is 0.349 e. The zero-order valence-electron chi connectivity index (χ0n) is 5.80. The summed E-state index contributed by atoms with van der Waals surface area (Å²) >= 11 is 0. The highest BCUT2D eigenvalue weighted by atomic mass is 15.0. The summed E-state index contributed by atoms with van der Waals surface area (Å²) in [6, 6.07) is 2.30. The van der Waals surface area contributed by atoms with E-state index in [1.807, 2.05) is 0 Å². The van der Waals surface area contributed by atoms with Gasteiger partial charge in [0, 0.05) is 5.92 Å². The van der Waals surface area contributed by atoms with E-state index in [2.05, 4.69) is 18.9 Å². The second-order valence-electron chi connectivity index (χ2n) is 2.71. The molecule has 48 valence electrons. The molecule has 1 fully saturated rings. The number of piperidine rings is 1. The van der Waals surface area contributed by atoms with E-state index in [0.29, 0.717) is 5.92 Å². The van der Waals surface area contributed by atoms with Crippen LogP contribution < -0.4 is 0 Å². The van der Waals surface area contributed by atoms with Crippen LogP contribution in [0.15, 0.2) is 0 Å². The van der Waals surface area contributed by atoms with Crippen LogP contribution in [0.2, 0.25) is 0 Å². The second kappa shape index (κ2) is 2.88. The zero-order valence-corrected chi connectivity index (χ0v) is 5.80. The first-order valence-electron chi connectivity index (χ1n) is 3.41. The van der Waals surface area contributed by atoms with E-state index in [0.717, 1.165) is 25.9 Å². The topological polar surface area (TPSA) is 27.0 Å². The van der Waals surface area contributed by atoms with E-state index < -0.39 is 0 Å². The molecule has 0 aromatic heterocycles. The van der Waals surface area contributed by atoms with E-state index in [9.17, 15) is 0 Å². The molecule has 0 amide bonds. The molecular weight excluding hydrogens is 111 g/mol. The zero-order chi connectivity index (χ0) is 6.69. The quantitative estimate of drug-likeness (QED) is 0.415. The van der Waals surface area contributed by atoms with Crippen molar-refractivity contribution in [1.82, 2.24) is 4.81 Å². The smallest absolute Gasteiger partial charge is 0.185 e. The van der Waals surface area contributed by atoms with Gasteiger partial charge in [-0.05, 0) is 25.9 Å². The van der Waals surface area contributed by atoms with Crippen molar-refractivity contribution >= 4 is 7.98 Å². The third-order valence-electron chi connectivity index (χ3n) is 1.90. The van der Waals surface area contributed by atoms with Crippen molar-refractivity contribution in [3.63, 3.8) is 0 Å². The van der Waals surface area contributed by atoms with Crippen molar-refractivity contribution in [3.05, 3.63) is 0 Å². The number of hydrogen-bond acceptors (Lipinski definition) is 2. The third-order valence-corrected chi connectivity index (χ3v) is 1.90. The van der Waals surface area contributed by atoms with Crippen LogP contribution in [0.1, 0.15) is 12.8 Å². The van der Waals surface area contributed by atoms with Crippen molar-refractivity contribution < 1.29 is 0 Å². The molecule has 0 aromatic rings. The van der Waals surface area contributed by atoms with Gasteiger partial charge in [-0.25, -0.2) is 0 Å². The van der Waals surface area contributed by atoms with Crippen molar-refractivity contribution in [2.45, 2.75) is 12.8 Å². The Morgan fingerprint density at radius 1 is 1.44 bits per heavy atom. The van der Waals surface area contributed by atoms with E-state index in [1.165, 1.54) is 0 Å². The molecule has 0 unspecified atom stereocenters. The standard InChI is InChI=1S/C6H11BN2/c7-9-3-1-6(5-8)2-4-9/h6H,1-4,7H2. The monoisotopic (exact) mass is 122 g/mol. The van der Waals surface area contributed by atoms with Gasteiger partial charge in [-0.3, -0.25) is 0 Å². The average molecular weight is 122 g/mol. The SMILES string of the molecule is BN1CCC(C#N)CC1. The molecule has 0 radical (unpaired) electrons. The summed E-state index contributed by atoms with van der Waals surface area (Å²) in [4.78, 5) is 2.27. The Hall–Kier alpha value is -0.485. The number of nitrogens with zero attached hydrogens (tertiary/aromatic N) is 2. The fourth-order valence-corrected chi connectivity index (χ4v) is 1.14. The van der Waals surface area contributed by atoms with Crippen LogP contribution in [-0.2, 0) is 0 Å². The van der Waals surface area contributed by atoms with Crippen LogP contribution in [-0.4, -0.2) is 25.9 Å². The van der Waals surface area contributed by atoms with Crippen LogP contribution in [0.4, 0.5) is 0 Å². The molecule has 0 N–H and O–H groups in total. The molecule has 0 saturated carbocycles. The van der Waals surface area contributed by atoms with E-state index in [1.54, 1.807) is 0 Å². The summed E-state index contributed by atoms with van der Waals surface area (Å²) in [5.74, 6) is 0.334. The van der Waals surface area contributed by atoms with Crippen molar-refractivity contribution in [1.29, 1.82) is 5.26 Å². The van der Waals surface area contributed by atoms with Crippen molar-refractivity contribution in [2.75, 3.05) is 13.1 Å². The number of hydrogen-bond donors (Lipinski definition) is 0. The molecule has 0 atom stereocenters. The molecule has 2 nitrogen and oxygen atoms in total. The molecular formula is C6H11BN2. The van der Waals surface area contributed by atoms with Crippen LogP contribution >= 0.6 is 0 Å². The average Bonchev–Trinajstić information content (AvgIpc) is 1.90. The van der Waals surface area contributed by atoms with Crippen molar-refractivity contribution in [3.8, 4) is 6.07 Å². The van der Waals surface area contributed by atoms with Gasteiger partial charge < -0.3 is 4.81 Å². The van der Waals surface area contributed by atoms with Crippen LogP contribution in [0, 0.1) is 17.2 Å². The summed E-state index contributed by atoms with van der Waals surface area (Å²) in [5, 5.41) is 8.51. The second-order valence-corrected chi connectivity index (χ2v) is 2.71. The maximum Gasteiger partial charge on any atom is 0.185 e. The molecule has 9 heavy (non-hydrogen) atoms. The van der Waals surface area contributed by atoms with Gasteiger partial charge in [0.05, 0.1) is 6.07 Å². The minimum absolute atomic E-state index is 0.334. The molecule has 1 aliphatic heterocycles. The lowest BCUT2D eigenvalue weighted by Gasteiger charge is -2.24. The van der Waals surface area contributed by atoms with E-state index >= 15 is 0 Å². The summed E-state index contributed by atoms with van der Waals surface area (Å²) in [6.07, 6.45) is 2.12. The molecule has 0 aromatic carbocycles. The first-order chi connectivity index (χ1) is 4.33. The van der Waals surface area contributed by atoms with Gasteiger partial charge in [0.1, 0.15) is 0 Å². The Balaban J connectivity index is 2.28. The van der Waals surface area contributed by atoms with E-state index in [4.69, 9.17) is 5.26 Å². The Morgan fingerprint density at radius 3 is 2.44 bits per heavy atom. The number of rotatable bonds is 0. The fraction of sp³-hybridized carbons (Fsp3) is 0.833. The highest BCUT2D eigenvalue weighted by molar-refractivity contribution is 6.04. The van der Waals surface area contributed by atoms with Gasteiger partial charge in [-0.15, -0.1) is 0 Å². The Morgan fingerprint density at radius 2 is 2.00 bits per heavy atom. The number of nitriles is 1. The molecule has 0 bridgehead atoms. The predicted octanol–water partition coefficient (Wildman–Crippen LogP) is -0.230. The van der Waals surface area contributed by atoms with Gasteiger partial charge in [0.15, 0.2) is 7.98 Å². The molecule has 3 heteroatoms. The van der Waals surface area contributed by atoms with Gasteiger partial charge in [0.25, 0.3) is 0 Å². The Bertz CT molecular complexity index is 122. The highest BCUT2D eigenvalue weighted by Gasteiger charge is 2.14. The first-order valence-corrected chi connectivity index (χ1v) is 3.41. The fourth-order valence-electron chi connectivity index (χ4n) is 1.14. The Kier molecular flexibility index (Phi) is 2.13. The first kappa shape index (κ1) is 6.63. The summed E-state index contributed by atoms with van der Waals surface area (Å²) < 4.78 is 0. The van der Waals surface area contributed by atoms with Crippen LogP contribution in [0.25, 0.3) is 0 Å². The molecule has 1 aliphatic rings. The lowest BCUT2D eigenvalue weighted by atomic mass is 9.97. The van der Waals surface area contributed by atoms with Crippen molar-refractivity contribution in [2.24, 2.45) is 5.92 Å². The lowest BCUT2D eigenvalue weighted by Crippen LogP contribution is -2.30. The molecule has 1 saturated heterocycles. The van der Waals surface area contributed by atoms with E-state index in [-0.39, 0.29) is 0 Å². The van der Waals surface area contributed by atoms with Gasteiger partial charge in [-0.1, -0.05) is 0 Å². The lowest BCUT2D eigenvalue weighted by molar-refractivity contribution is 0.324. The molecule has 1 rings (SSSR count). The van der Waals surface area contributed by atoms with Gasteiger partial charge in [-0.2, -0.15) is 5.26 Å². The molecule has 0 spiro atoms.